The number of halogens is 2. The van der Waals surface area contributed by atoms with Crippen molar-refractivity contribution < 1.29 is 13.5 Å². The molecule has 20 heavy (non-hydrogen) atoms. The summed E-state index contributed by atoms with van der Waals surface area (Å²) >= 11 is 0. The molecule has 0 amide bonds. The number of hydrogen-bond acceptors (Lipinski definition) is 1. The molecule has 0 N–H and O–H groups in total. The molecule has 0 aromatic carbocycles. The number of rotatable bonds is 5. The average Bonchev–Trinajstić information content (AvgIpc) is 2.47. The topological polar surface area (TPSA) is 9.23 Å². The van der Waals surface area contributed by atoms with Crippen LogP contribution in [0.2, 0.25) is 0 Å². The molecule has 2 rings (SSSR count). The van der Waals surface area contributed by atoms with Crippen molar-refractivity contribution in [1.82, 2.24) is 0 Å². The third kappa shape index (κ3) is 4.75. The molecule has 1 nitrogen and oxygen atoms in total. The minimum atomic E-state index is -1.72. The summed E-state index contributed by atoms with van der Waals surface area (Å²) in [6, 6.07) is 0. The second kappa shape index (κ2) is 7.99. The van der Waals surface area contributed by atoms with E-state index < -0.39 is 6.08 Å². The summed E-state index contributed by atoms with van der Waals surface area (Å²) in [6.07, 6.45) is 11.4. The molecule has 0 saturated heterocycles. The molecule has 0 unspecified atom stereocenters. The molecule has 0 aromatic rings. The highest BCUT2D eigenvalue weighted by Crippen LogP contribution is 2.41. The van der Waals surface area contributed by atoms with Crippen LogP contribution >= 0.6 is 0 Å². The van der Waals surface area contributed by atoms with Crippen molar-refractivity contribution in [2.45, 2.75) is 77.2 Å². The predicted octanol–water partition coefficient (Wildman–Crippen LogP) is 5.91. The fourth-order valence-electron chi connectivity index (χ4n) is 4.20. The molecule has 116 valence electrons. The molecule has 3 heteroatoms. The molecule has 2 aliphatic carbocycles. The van der Waals surface area contributed by atoms with Crippen molar-refractivity contribution in [3.63, 3.8) is 0 Å². The van der Waals surface area contributed by atoms with E-state index in [1.807, 2.05) is 0 Å². The lowest BCUT2D eigenvalue weighted by Crippen LogP contribution is -2.28. The summed E-state index contributed by atoms with van der Waals surface area (Å²) in [5.74, 6) is 2.67. The van der Waals surface area contributed by atoms with Gasteiger partial charge in [0, 0.05) is 0 Å². The van der Waals surface area contributed by atoms with Gasteiger partial charge in [0.05, 0.1) is 6.10 Å². The second-order valence-electron chi connectivity index (χ2n) is 6.65. The number of ether oxygens (including phenoxy) is 1. The van der Waals surface area contributed by atoms with Crippen LogP contribution in [0, 0.1) is 17.8 Å². The standard InChI is InChI=1S/C17H28F2O/c1-2-3-13-4-6-14(7-5-13)15-8-10-16(11-9-15)20-12-17(18)19/h12-16H,2-11H2,1H3/t13-,14-,15-,16-. The molecular weight excluding hydrogens is 258 g/mol. The first-order valence-electron chi connectivity index (χ1n) is 8.35. The van der Waals surface area contributed by atoms with E-state index in [-0.39, 0.29) is 6.10 Å². The van der Waals surface area contributed by atoms with Crippen LogP contribution in [0.15, 0.2) is 12.3 Å². The lowest BCUT2D eigenvalue weighted by atomic mass is 9.70. The molecule has 0 heterocycles. The van der Waals surface area contributed by atoms with Crippen LogP contribution in [-0.2, 0) is 4.74 Å². The van der Waals surface area contributed by atoms with E-state index in [9.17, 15) is 8.78 Å². The first kappa shape index (κ1) is 15.8. The van der Waals surface area contributed by atoms with Gasteiger partial charge in [-0.05, 0) is 56.3 Å². The van der Waals surface area contributed by atoms with E-state index >= 15 is 0 Å². The van der Waals surface area contributed by atoms with Crippen molar-refractivity contribution in [2.75, 3.05) is 0 Å². The van der Waals surface area contributed by atoms with Gasteiger partial charge in [-0.15, -0.1) is 0 Å². The van der Waals surface area contributed by atoms with Crippen LogP contribution in [0.4, 0.5) is 8.78 Å². The molecule has 0 aliphatic heterocycles. The first-order chi connectivity index (χ1) is 9.69. The van der Waals surface area contributed by atoms with Crippen molar-refractivity contribution in [1.29, 1.82) is 0 Å². The van der Waals surface area contributed by atoms with Crippen molar-refractivity contribution in [2.24, 2.45) is 17.8 Å². The normalized spacial score (nSPS) is 34.5. The smallest absolute Gasteiger partial charge is 0.304 e. The molecular formula is C17H28F2O. The SMILES string of the molecule is CCC[C@H]1CC[C@H]([C@H]2CC[C@H](OC=C(F)F)CC2)CC1. The van der Waals surface area contributed by atoms with Gasteiger partial charge in [-0.3, -0.25) is 0 Å². The summed E-state index contributed by atoms with van der Waals surface area (Å²) in [4.78, 5) is 0. The van der Waals surface area contributed by atoms with E-state index in [1.165, 1.54) is 38.5 Å². The summed E-state index contributed by atoms with van der Waals surface area (Å²) < 4.78 is 29.1. The minimum Gasteiger partial charge on any atom is -0.492 e. The van der Waals surface area contributed by atoms with E-state index in [1.54, 1.807) is 0 Å². The van der Waals surface area contributed by atoms with Gasteiger partial charge in [-0.25, -0.2) is 0 Å². The highest BCUT2D eigenvalue weighted by atomic mass is 19.3. The highest BCUT2D eigenvalue weighted by Gasteiger charge is 2.30. The zero-order valence-corrected chi connectivity index (χ0v) is 12.6. The third-order valence-electron chi connectivity index (χ3n) is 5.32. The Morgan fingerprint density at radius 3 is 2.00 bits per heavy atom. The maximum absolute atomic E-state index is 12.0. The Hall–Kier alpha value is -0.600. The maximum atomic E-state index is 12.0. The lowest BCUT2D eigenvalue weighted by molar-refractivity contribution is 0.0578. The largest absolute Gasteiger partial charge is 0.492 e. The number of hydrogen-bond donors (Lipinski definition) is 0. The van der Waals surface area contributed by atoms with Crippen molar-refractivity contribution >= 4 is 0 Å². The summed E-state index contributed by atoms with van der Waals surface area (Å²) in [5, 5.41) is 0. The van der Waals surface area contributed by atoms with Crippen LogP contribution in [0.25, 0.3) is 0 Å². The van der Waals surface area contributed by atoms with E-state index in [0.717, 1.165) is 43.4 Å². The van der Waals surface area contributed by atoms with Gasteiger partial charge >= 0.3 is 6.08 Å². The second-order valence-corrected chi connectivity index (χ2v) is 6.65. The Kier molecular flexibility index (Phi) is 6.31. The van der Waals surface area contributed by atoms with Gasteiger partial charge in [-0.1, -0.05) is 32.6 Å². The highest BCUT2D eigenvalue weighted by molar-refractivity contribution is 4.83. The Morgan fingerprint density at radius 1 is 0.950 bits per heavy atom. The van der Waals surface area contributed by atoms with Crippen LogP contribution in [0.1, 0.15) is 71.1 Å². The van der Waals surface area contributed by atoms with Gasteiger partial charge in [0.2, 0.25) is 0 Å². The Bertz CT molecular complexity index is 296. The third-order valence-corrected chi connectivity index (χ3v) is 5.32. The molecule has 2 aliphatic rings. The summed E-state index contributed by atoms with van der Waals surface area (Å²) in [5.41, 5.74) is 0. The van der Waals surface area contributed by atoms with E-state index in [2.05, 4.69) is 6.92 Å². The lowest BCUT2D eigenvalue weighted by Gasteiger charge is -2.37. The molecule has 2 fully saturated rings. The predicted molar refractivity (Wildman–Crippen MR) is 77.5 cm³/mol. The van der Waals surface area contributed by atoms with Crippen LogP contribution in [-0.4, -0.2) is 6.10 Å². The first-order valence-corrected chi connectivity index (χ1v) is 8.35. The monoisotopic (exact) mass is 286 g/mol. The maximum Gasteiger partial charge on any atom is 0.304 e. The van der Waals surface area contributed by atoms with Gasteiger partial charge in [-0.2, -0.15) is 8.78 Å². The molecule has 0 bridgehead atoms. The Balaban J connectivity index is 1.68. The van der Waals surface area contributed by atoms with Gasteiger partial charge < -0.3 is 4.74 Å². The molecule has 2 saturated carbocycles. The zero-order valence-electron chi connectivity index (χ0n) is 12.6. The Labute approximate surface area is 121 Å². The molecule has 0 radical (unpaired) electrons. The van der Waals surface area contributed by atoms with Gasteiger partial charge in [0.15, 0.2) is 0 Å². The average molecular weight is 286 g/mol. The van der Waals surface area contributed by atoms with E-state index in [4.69, 9.17) is 4.74 Å². The van der Waals surface area contributed by atoms with E-state index in [0.29, 0.717) is 6.26 Å². The fourth-order valence-corrected chi connectivity index (χ4v) is 4.20. The molecule has 0 atom stereocenters. The summed E-state index contributed by atoms with van der Waals surface area (Å²) in [7, 11) is 0. The summed E-state index contributed by atoms with van der Waals surface area (Å²) in [6.45, 7) is 2.28. The van der Waals surface area contributed by atoms with Crippen LogP contribution in [0.5, 0.6) is 0 Å². The van der Waals surface area contributed by atoms with Crippen LogP contribution in [0.3, 0.4) is 0 Å². The fraction of sp³-hybridized carbons (Fsp3) is 0.882. The molecule has 0 spiro atoms. The Morgan fingerprint density at radius 2 is 1.50 bits per heavy atom. The molecule has 0 aromatic heterocycles. The van der Waals surface area contributed by atoms with Crippen LogP contribution < -0.4 is 0 Å². The van der Waals surface area contributed by atoms with Gasteiger partial charge in [0.25, 0.3) is 0 Å². The van der Waals surface area contributed by atoms with Crippen molar-refractivity contribution in [3.05, 3.63) is 12.3 Å². The quantitative estimate of drug-likeness (QED) is 0.571. The van der Waals surface area contributed by atoms with Crippen molar-refractivity contribution in [3.8, 4) is 0 Å². The zero-order chi connectivity index (χ0) is 14.4. The van der Waals surface area contributed by atoms with Gasteiger partial charge in [0.1, 0.15) is 6.26 Å². The minimum absolute atomic E-state index is 0.0178.